The number of rotatable bonds is 2. The van der Waals surface area contributed by atoms with Crippen molar-refractivity contribution in [3.8, 4) is 11.1 Å². The van der Waals surface area contributed by atoms with Gasteiger partial charge in [-0.15, -0.1) is 0 Å². The predicted octanol–water partition coefficient (Wildman–Crippen LogP) is 3.90. The molecule has 0 heterocycles. The molecule has 0 aliphatic carbocycles. The Morgan fingerprint density at radius 2 is 1.62 bits per heavy atom. The lowest BCUT2D eigenvalue weighted by molar-refractivity contribution is 1.42. The fourth-order valence-corrected chi connectivity index (χ4v) is 2.92. The lowest BCUT2D eigenvalue weighted by Gasteiger charge is -2.12. The first-order chi connectivity index (χ1) is 7.72. The molecule has 0 aliphatic rings. The van der Waals surface area contributed by atoms with Gasteiger partial charge in [0, 0.05) is 0 Å². The van der Waals surface area contributed by atoms with Crippen LogP contribution in [0.25, 0.3) is 11.1 Å². The minimum atomic E-state index is 0.867. The van der Waals surface area contributed by atoms with Crippen molar-refractivity contribution in [2.75, 3.05) is 6.66 Å². The summed E-state index contributed by atoms with van der Waals surface area (Å²) < 4.78 is 0. The number of hydrogen-bond acceptors (Lipinski definition) is 0. The zero-order chi connectivity index (χ0) is 11.5. The number of hydrogen-bond donors (Lipinski definition) is 0. The third-order valence-corrected chi connectivity index (χ3v) is 3.96. The third kappa shape index (κ3) is 2.18. The van der Waals surface area contributed by atoms with Crippen LogP contribution in [0.4, 0.5) is 0 Å². The Hall–Kier alpha value is -1.13. The molecule has 0 bridgehead atoms. The highest BCUT2D eigenvalue weighted by Crippen LogP contribution is 2.25. The Morgan fingerprint density at radius 3 is 2.25 bits per heavy atom. The van der Waals surface area contributed by atoms with Gasteiger partial charge in [0.05, 0.1) is 0 Å². The smallest absolute Gasteiger partial charge is 0.0146 e. The van der Waals surface area contributed by atoms with Crippen LogP contribution in [0.15, 0.2) is 42.5 Å². The largest absolute Gasteiger partial charge is 0.0933 e. The summed E-state index contributed by atoms with van der Waals surface area (Å²) >= 11 is 0. The first-order valence-corrected chi connectivity index (χ1v) is 7.07. The van der Waals surface area contributed by atoms with Gasteiger partial charge in [-0.1, -0.05) is 51.0 Å². The molecule has 0 saturated heterocycles. The summed E-state index contributed by atoms with van der Waals surface area (Å²) in [6, 6.07) is 15.2. The highest BCUT2D eigenvalue weighted by Gasteiger charge is 2.06. The first kappa shape index (κ1) is 11.4. The standard InChI is InChI=1S/C15H17P/c1-11-9-14(12(2)15(10-11)16-3)13-7-5-4-6-8-13/h4-10,16H,1-3H3. The third-order valence-electron chi connectivity index (χ3n) is 2.91. The number of aryl methyl sites for hydroxylation is 1. The van der Waals surface area contributed by atoms with Crippen molar-refractivity contribution in [3.63, 3.8) is 0 Å². The highest BCUT2D eigenvalue weighted by molar-refractivity contribution is 7.46. The lowest BCUT2D eigenvalue weighted by Crippen LogP contribution is -2.03. The van der Waals surface area contributed by atoms with Gasteiger partial charge in [0.25, 0.3) is 0 Å². The van der Waals surface area contributed by atoms with Gasteiger partial charge in [-0.25, -0.2) is 0 Å². The maximum atomic E-state index is 2.31. The van der Waals surface area contributed by atoms with Gasteiger partial charge in [0.1, 0.15) is 0 Å². The molecule has 2 aromatic carbocycles. The molecule has 0 aliphatic heterocycles. The minimum absolute atomic E-state index is 0.867. The van der Waals surface area contributed by atoms with Gasteiger partial charge >= 0.3 is 0 Å². The van der Waals surface area contributed by atoms with E-state index in [-0.39, 0.29) is 0 Å². The molecule has 0 radical (unpaired) electrons. The van der Waals surface area contributed by atoms with Gasteiger partial charge in [0.15, 0.2) is 0 Å². The molecule has 1 heteroatoms. The molecule has 2 rings (SSSR count). The molecule has 0 nitrogen and oxygen atoms in total. The van der Waals surface area contributed by atoms with E-state index in [2.05, 4.69) is 63.0 Å². The van der Waals surface area contributed by atoms with Crippen LogP contribution in [0, 0.1) is 13.8 Å². The second-order valence-corrected chi connectivity index (χ2v) is 5.14. The lowest BCUT2D eigenvalue weighted by atomic mass is 9.98. The van der Waals surface area contributed by atoms with E-state index in [1.807, 2.05) is 0 Å². The summed E-state index contributed by atoms with van der Waals surface area (Å²) in [7, 11) is 0.867. The van der Waals surface area contributed by atoms with Crippen LogP contribution in [0.5, 0.6) is 0 Å². The molecule has 0 fully saturated rings. The summed E-state index contributed by atoms with van der Waals surface area (Å²) in [5.41, 5.74) is 5.49. The fraction of sp³-hybridized carbons (Fsp3) is 0.200. The van der Waals surface area contributed by atoms with Crippen molar-refractivity contribution in [1.82, 2.24) is 0 Å². The van der Waals surface area contributed by atoms with Crippen LogP contribution in [-0.4, -0.2) is 6.66 Å². The van der Waals surface area contributed by atoms with Crippen molar-refractivity contribution >= 4 is 13.9 Å². The molecule has 0 saturated carbocycles. The zero-order valence-corrected chi connectivity index (χ0v) is 11.0. The van der Waals surface area contributed by atoms with Crippen molar-refractivity contribution in [3.05, 3.63) is 53.6 Å². The van der Waals surface area contributed by atoms with E-state index < -0.39 is 0 Å². The Kier molecular flexibility index (Phi) is 3.41. The second-order valence-electron chi connectivity index (χ2n) is 4.10. The van der Waals surface area contributed by atoms with E-state index in [9.17, 15) is 0 Å². The Labute approximate surface area is 99.5 Å². The second kappa shape index (κ2) is 4.80. The quantitative estimate of drug-likeness (QED) is 0.684. The zero-order valence-electron chi connectivity index (χ0n) is 10.0. The summed E-state index contributed by atoms with van der Waals surface area (Å²) in [5, 5.41) is 1.49. The van der Waals surface area contributed by atoms with E-state index in [1.54, 1.807) is 0 Å². The summed E-state index contributed by atoms with van der Waals surface area (Å²) in [5.74, 6) is 0. The van der Waals surface area contributed by atoms with Crippen LogP contribution in [-0.2, 0) is 0 Å². The molecule has 0 N–H and O–H groups in total. The van der Waals surface area contributed by atoms with E-state index in [1.165, 1.54) is 27.6 Å². The Bertz CT molecular complexity index is 486. The van der Waals surface area contributed by atoms with Gasteiger partial charge in [0.2, 0.25) is 0 Å². The molecular weight excluding hydrogens is 211 g/mol. The van der Waals surface area contributed by atoms with Gasteiger partial charge in [-0.3, -0.25) is 0 Å². The van der Waals surface area contributed by atoms with Crippen molar-refractivity contribution in [2.45, 2.75) is 13.8 Å². The van der Waals surface area contributed by atoms with Crippen LogP contribution >= 0.6 is 8.58 Å². The molecular formula is C15H17P. The molecule has 0 amide bonds. The molecule has 1 unspecified atom stereocenters. The maximum absolute atomic E-state index is 2.31. The monoisotopic (exact) mass is 228 g/mol. The van der Waals surface area contributed by atoms with Gasteiger partial charge in [-0.2, -0.15) is 0 Å². The average Bonchev–Trinajstić information content (AvgIpc) is 2.33. The van der Waals surface area contributed by atoms with Crippen molar-refractivity contribution in [2.24, 2.45) is 0 Å². The molecule has 0 aromatic heterocycles. The van der Waals surface area contributed by atoms with E-state index in [0.717, 1.165) is 8.58 Å². The van der Waals surface area contributed by atoms with E-state index in [4.69, 9.17) is 0 Å². The predicted molar refractivity (Wildman–Crippen MR) is 75.2 cm³/mol. The molecule has 0 spiro atoms. The summed E-state index contributed by atoms with van der Waals surface area (Å²) in [6.45, 7) is 6.65. The maximum Gasteiger partial charge on any atom is -0.0146 e. The first-order valence-electron chi connectivity index (χ1n) is 5.57. The van der Waals surface area contributed by atoms with Crippen LogP contribution in [0.3, 0.4) is 0 Å². The Balaban J connectivity index is 2.61. The Morgan fingerprint density at radius 1 is 0.938 bits per heavy atom. The van der Waals surface area contributed by atoms with Crippen LogP contribution in [0.1, 0.15) is 11.1 Å². The molecule has 2 aromatic rings. The van der Waals surface area contributed by atoms with Crippen LogP contribution in [0.2, 0.25) is 0 Å². The highest BCUT2D eigenvalue weighted by atomic mass is 31.1. The summed E-state index contributed by atoms with van der Waals surface area (Å²) in [4.78, 5) is 0. The van der Waals surface area contributed by atoms with Gasteiger partial charge < -0.3 is 0 Å². The van der Waals surface area contributed by atoms with E-state index >= 15 is 0 Å². The topological polar surface area (TPSA) is 0 Å². The molecule has 1 atom stereocenters. The van der Waals surface area contributed by atoms with Crippen molar-refractivity contribution in [1.29, 1.82) is 0 Å². The molecule has 16 heavy (non-hydrogen) atoms. The molecule has 82 valence electrons. The van der Waals surface area contributed by atoms with Crippen molar-refractivity contribution < 1.29 is 0 Å². The summed E-state index contributed by atoms with van der Waals surface area (Å²) in [6.07, 6.45) is 0. The van der Waals surface area contributed by atoms with Crippen LogP contribution < -0.4 is 5.30 Å². The fourth-order valence-electron chi connectivity index (χ4n) is 2.04. The normalized spacial score (nSPS) is 11.2. The number of benzene rings is 2. The van der Waals surface area contributed by atoms with Gasteiger partial charge in [-0.05, 0) is 48.1 Å². The minimum Gasteiger partial charge on any atom is -0.0933 e. The van der Waals surface area contributed by atoms with E-state index in [0.29, 0.717) is 0 Å². The average molecular weight is 228 g/mol. The SMILES string of the molecule is CPc1cc(C)cc(-c2ccccc2)c1C.